The summed E-state index contributed by atoms with van der Waals surface area (Å²) in [7, 11) is 0. The number of epoxide rings is 4. The first-order valence-corrected chi connectivity index (χ1v) is 7.95. The van der Waals surface area contributed by atoms with Gasteiger partial charge in [-0.25, -0.2) is 0 Å². The highest BCUT2D eigenvalue weighted by Crippen LogP contribution is 2.38. The van der Waals surface area contributed by atoms with Crippen molar-refractivity contribution in [1.82, 2.24) is 0 Å². The summed E-state index contributed by atoms with van der Waals surface area (Å²) >= 11 is 0. The van der Waals surface area contributed by atoms with Gasteiger partial charge in [-0.3, -0.25) is 0 Å². The highest BCUT2D eigenvalue weighted by atomic mass is 16.6. The van der Waals surface area contributed by atoms with Gasteiger partial charge in [0, 0.05) is 12.8 Å². The molecule has 6 heteroatoms. The lowest BCUT2D eigenvalue weighted by Gasteiger charge is -2.38. The van der Waals surface area contributed by atoms with Crippen molar-refractivity contribution in [1.29, 1.82) is 0 Å². The molecule has 0 aliphatic carbocycles. The quantitative estimate of drug-likeness (QED) is 0.518. The predicted molar refractivity (Wildman–Crippen MR) is 72.3 cm³/mol. The third kappa shape index (κ3) is 4.15. The van der Waals surface area contributed by atoms with Gasteiger partial charge in [0.2, 0.25) is 0 Å². The molecule has 5 unspecified atom stereocenters. The largest absolute Gasteiger partial charge is 0.373 e. The summed E-state index contributed by atoms with van der Waals surface area (Å²) < 4.78 is 33.8. The van der Waals surface area contributed by atoms with Crippen molar-refractivity contribution < 1.29 is 28.4 Å². The number of hydrogen-bond donors (Lipinski definition) is 0. The molecular weight excluding hydrogens is 276 g/mol. The van der Waals surface area contributed by atoms with E-state index in [9.17, 15) is 0 Å². The summed E-state index contributed by atoms with van der Waals surface area (Å²) in [4.78, 5) is 0. The minimum Gasteiger partial charge on any atom is -0.373 e. The lowest BCUT2D eigenvalue weighted by molar-refractivity contribution is -0.156. The van der Waals surface area contributed by atoms with Crippen LogP contribution in [0, 0.1) is 0 Å². The maximum absolute atomic E-state index is 6.32. The van der Waals surface area contributed by atoms with Gasteiger partial charge in [-0.15, -0.1) is 0 Å². The van der Waals surface area contributed by atoms with Crippen LogP contribution in [-0.4, -0.2) is 75.8 Å². The molecule has 0 aromatic rings. The van der Waals surface area contributed by atoms with Crippen LogP contribution < -0.4 is 0 Å². The van der Waals surface area contributed by atoms with Crippen molar-refractivity contribution in [2.75, 3.05) is 39.6 Å². The Kier molecular flexibility index (Phi) is 3.94. The molecule has 0 bridgehead atoms. The highest BCUT2D eigenvalue weighted by molar-refractivity contribution is 4.97. The van der Waals surface area contributed by atoms with E-state index >= 15 is 0 Å². The van der Waals surface area contributed by atoms with Gasteiger partial charge in [0.1, 0.15) is 12.2 Å². The third-order valence-corrected chi connectivity index (χ3v) is 4.59. The molecule has 4 aliphatic heterocycles. The normalized spacial score (nSPS) is 40.4. The van der Waals surface area contributed by atoms with E-state index in [1.165, 1.54) is 0 Å². The molecule has 21 heavy (non-hydrogen) atoms. The molecule has 5 atom stereocenters. The number of ether oxygens (including phenoxy) is 6. The van der Waals surface area contributed by atoms with Gasteiger partial charge in [-0.1, -0.05) is 0 Å². The Balaban J connectivity index is 1.41. The molecule has 4 heterocycles. The van der Waals surface area contributed by atoms with E-state index in [4.69, 9.17) is 28.4 Å². The predicted octanol–water partition coefficient (Wildman–Crippen LogP) is 0.522. The summed E-state index contributed by atoms with van der Waals surface area (Å²) in [6.07, 6.45) is 2.85. The molecule has 4 fully saturated rings. The van der Waals surface area contributed by atoms with Crippen LogP contribution in [-0.2, 0) is 28.4 Å². The lowest BCUT2D eigenvalue weighted by atomic mass is 9.86. The van der Waals surface area contributed by atoms with Gasteiger partial charge >= 0.3 is 0 Å². The number of hydrogen-bond acceptors (Lipinski definition) is 6. The van der Waals surface area contributed by atoms with E-state index in [0.29, 0.717) is 25.4 Å². The van der Waals surface area contributed by atoms with Crippen LogP contribution in [0.4, 0.5) is 0 Å². The Hall–Kier alpha value is -0.240. The minimum atomic E-state index is -0.344. The van der Waals surface area contributed by atoms with Gasteiger partial charge in [0.25, 0.3) is 0 Å². The molecule has 120 valence electrons. The van der Waals surface area contributed by atoms with Crippen molar-refractivity contribution in [3.8, 4) is 0 Å². The molecule has 4 aliphatic rings. The third-order valence-electron chi connectivity index (χ3n) is 4.59. The maximum Gasteiger partial charge on any atom is 0.104 e. The fourth-order valence-corrected chi connectivity index (χ4v) is 2.78. The summed E-state index contributed by atoms with van der Waals surface area (Å²) in [5.74, 6) is 0. The smallest absolute Gasteiger partial charge is 0.104 e. The zero-order chi connectivity index (χ0) is 14.3. The summed E-state index contributed by atoms with van der Waals surface area (Å²) in [5, 5.41) is 0. The first kappa shape index (κ1) is 14.4. The van der Waals surface area contributed by atoms with Gasteiger partial charge in [0.05, 0.1) is 63.6 Å². The van der Waals surface area contributed by atoms with Crippen LogP contribution in [0.1, 0.15) is 19.8 Å². The van der Waals surface area contributed by atoms with Gasteiger partial charge < -0.3 is 28.4 Å². The van der Waals surface area contributed by atoms with Crippen molar-refractivity contribution in [2.24, 2.45) is 0 Å². The summed E-state index contributed by atoms with van der Waals surface area (Å²) in [5.41, 5.74) is -0.344. The van der Waals surface area contributed by atoms with Crippen molar-refractivity contribution in [3.05, 3.63) is 0 Å². The molecule has 4 saturated heterocycles. The standard InChI is InChI=1S/C15H24O6/c1-10(16-6-13-7-19-13)15(2-11-4-17-11,3-12-5-18-12)21-9-14-8-20-14/h10-14H,2-9H2,1H3. The van der Waals surface area contributed by atoms with Crippen LogP contribution in [0.15, 0.2) is 0 Å². The van der Waals surface area contributed by atoms with E-state index in [1.807, 2.05) is 0 Å². The average molecular weight is 300 g/mol. The molecule has 0 aromatic heterocycles. The van der Waals surface area contributed by atoms with Crippen molar-refractivity contribution in [3.63, 3.8) is 0 Å². The Labute approximate surface area is 125 Å². The van der Waals surface area contributed by atoms with Crippen LogP contribution in [0.25, 0.3) is 0 Å². The Morgan fingerprint density at radius 1 is 0.857 bits per heavy atom. The highest BCUT2D eigenvalue weighted by Gasteiger charge is 2.48. The molecule has 0 spiro atoms. The van der Waals surface area contributed by atoms with Crippen LogP contribution in [0.5, 0.6) is 0 Å². The van der Waals surface area contributed by atoms with Gasteiger partial charge in [-0.05, 0) is 6.92 Å². The van der Waals surface area contributed by atoms with Crippen LogP contribution in [0.3, 0.4) is 0 Å². The SMILES string of the molecule is CC(OCC1CO1)C(CC1CO1)(CC1CO1)OCC1CO1. The maximum atomic E-state index is 6.32. The lowest BCUT2D eigenvalue weighted by Crippen LogP contribution is -2.48. The Morgan fingerprint density at radius 2 is 1.33 bits per heavy atom. The zero-order valence-electron chi connectivity index (χ0n) is 12.5. The molecule has 0 N–H and O–H groups in total. The van der Waals surface area contributed by atoms with Crippen LogP contribution >= 0.6 is 0 Å². The topological polar surface area (TPSA) is 68.6 Å². The second-order valence-corrected chi connectivity index (χ2v) is 6.58. The average Bonchev–Trinajstić information content (AvgIpc) is 3.35. The van der Waals surface area contributed by atoms with Crippen molar-refractivity contribution >= 4 is 0 Å². The first-order chi connectivity index (χ1) is 10.2. The van der Waals surface area contributed by atoms with E-state index in [2.05, 4.69) is 6.92 Å². The number of rotatable bonds is 11. The molecule has 0 saturated carbocycles. The fraction of sp³-hybridized carbons (Fsp3) is 1.00. The second-order valence-electron chi connectivity index (χ2n) is 6.58. The van der Waals surface area contributed by atoms with E-state index in [0.717, 1.165) is 39.3 Å². The summed E-state index contributed by atoms with van der Waals surface area (Å²) in [6, 6.07) is 0. The zero-order valence-corrected chi connectivity index (χ0v) is 12.5. The molecule has 4 rings (SSSR count). The Morgan fingerprint density at radius 3 is 1.81 bits per heavy atom. The van der Waals surface area contributed by atoms with E-state index in [-0.39, 0.29) is 23.9 Å². The monoisotopic (exact) mass is 300 g/mol. The molecule has 0 aromatic carbocycles. The molecule has 0 radical (unpaired) electrons. The van der Waals surface area contributed by atoms with Gasteiger partial charge in [0.15, 0.2) is 0 Å². The van der Waals surface area contributed by atoms with Crippen LogP contribution in [0.2, 0.25) is 0 Å². The van der Waals surface area contributed by atoms with E-state index < -0.39 is 0 Å². The Bertz CT molecular complexity index is 345. The minimum absolute atomic E-state index is 0.00569. The second kappa shape index (κ2) is 5.76. The molecule has 0 amide bonds. The van der Waals surface area contributed by atoms with E-state index in [1.54, 1.807) is 0 Å². The fourth-order valence-electron chi connectivity index (χ4n) is 2.78. The molecule has 6 nitrogen and oxygen atoms in total. The van der Waals surface area contributed by atoms with Gasteiger partial charge in [-0.2, -0.15) is 0 Å². The summed E-state index contributed by atoms with van der Waals surface area (Å²) in [6.45, 7) is 6.65. The first-order valence-electron chi connectivity index (χ1n) is 7.95. The molecular formula is C15H24O6. The van der Waals surface area contributed by atoms with Crippen molar-refractivity contribution in [2.45, 2.75) is 55.9 Å².